The molecular weight excluding hydrogens is 294 g/mol. The topological polar surface area (TPSA) is 37.4 Å². The second-order valence-corrected chi connectivity index (χ2v) is 7.67. The summed E-state index contributed by atoms with van der Waals surface area (Å²) in [5, 5.41) is 0. The van der Waals surface area contributed by atoms with Crippen LogP contribution in [0, 0.1) is 6.92 Å². The molecule has 0 aromatic heterocycles. The first-order valence-corrected chi connectivity index (χ1v) is 9.32. The quantitative estimate of drug-likeness (QED) is 0.817. The summed E-state index contributed by atoms with van der Waals surface area (Å²) in [4.78, 5) is 0. The predicted molar refractivity (Wildman–Crippen MR) is 91.1 cm³/mol. The first-order valence-electron chi connectivity index (χ1n) is 7.47. The molecule has 2 rings (SSSR count). The molecule has 0 aliphatic rings. The molecule has 0 unspecified atom stereocenters. The summed E-state index contributed by atoms with van der Waals surface area (Å²) in [5.41, 5.74) is 4.41. The van der Waals surface area contributed by atoms with E-state index in [0.717, 1.165) is 23.1 Å². The van der Waals surface area contributed by atoms with Gasteiger partial charge in [0.1, 0.15) is 0 Å². The molecule has 0 saturated heterocycles. The van der Waals surface area contributed by atoms with Gasteiger partial charge in [-0.15, -0.1) is 0 Å². The third kappa shape index (κ3) is 4.68. The van der Waals surface area contributed by atoms with Crippen LogP contribution in [-0.4, -0.2) is 19.0 Å². The summed E-state index contributed by atoms with van der Waals surface area (Å²) in [7, 11) is -3.26. The van der Waals surface area contributed by atoms with Gasteiger partial charge in [-0.05, 0) is 30.0 Å². The van der Waals surface area contributed by atoms with Crippen LogP contribution in [0.3, 0.4) is 0 Å². The van der Waals surface area contributed by atoms with Gasteiger partial charge in [0, 0.05) is 13.1 Å². The number of hydrogen-bond acceptors (Lipinski definition) is 2. The zero-order valence-corrected chi connectivity index (χ0v) is 14.2. The summed E-state index contributed by atoms with van der Waals surface area (Å²) < 4.78 is 25.7. The molecule has 2 aromatic carbocycles. The summed E-state index contributed by atoms with van der Waals surface area (Å²) in [6.07, 6.45) is 2.25. The monoisotopic (exact) mass is 317 g/mol. The van der Waals surface area contributed by atoms with E-state index in [-0.39, 0.29) is 0 Å². The van der Waals surface area contributed by atoms with Crippen molar-refractivity contribution >= 4 is 10.0 Å². The van der Waals surface area contributed by atoms with E-state index in [9.17, 15) is 8.42 Å². The van der Waals surface area contributed by atoms with Crippen molar-refractivity contribution in [3.05, 3.63) is 70.8 Å². The second-order valence-electron chi connectivity index (χ2n) is 5.69. The smallest absolute Gasteiger partial charge is 0.211 e. The summed E-state index contributed by atoms with van der Waals surface area (Å²) >= 11 is 0. The number of sulfonamides is 1. The Kier molecular flexibility index (Phi) is 5.37. The highest BCUT2D eigenvalue weighted by Gasteiger charge is 2.17. The Bertz CT molecular complexity index is 721. The van der Waals surface area contributed by atoms with Crippen molar-refractivity contribution in [2.45, 2.75) is 33.4 Å². The van der Waals surface area contributed by atoms with Gasteiger partial charge in [0.05, 0.1) is 6.26 Å². The van der Waals surface area contributed by atoms with Crippen LogP contribution >= 0.6 is 0 Å². The van der Waals surface area contributed by atoms with Crippen molar-refractivity contribution in [1.29, 1.82) is 0 Å². The molecule has 0 spiro atoms. The fourth-order valence-electron chi connectivity index (χ4n) is 2.39. The lowest BCUT2D eigenvalue weighted by Gasteiger charge is -2.20. The minimum absolute atomic E-state index is 0.399. The molecule has 0 N–H and O–H groups in total. The zero-order chi connectivity index (χ0) is 16.2. The molecule has 0 fully saturated rings. The van der Waals surface area contributed by atoms with Crippen LogP contribution in [0.25, 0.3) is 0 Å². The molecule has 0 heterocycles. The molecular formula is C18H23NO2S. The van der Waals surface area contributed by atoms with Gasteiger partial charge in [0.2, 0.25) is 10.0 Å². The number of aryl methyl sites for hydroxylation is 2. The number of benzene rings is 2. The molecule has 4 heteroatoms. The van der Waals surface area contributed by atoms with E-state index >= 15 is 0 Å². The Hall–Kier alpha value is -1.65. The SMILES string of the molecule is CCc1ccc(CN(Cc2cccc(C)c2)S(C)(=O)=O)cc1. The van der Waals surface area contributed by atoms with E-state index in [2.05, 4.69) is 19.1 Å². The fourth-order valence-corrected chi connectivity index (χ4v) is 3.16. The zero-order valence-electron chi connectivity index (χ0n) is 13.4. The lowest BCUT2D eigenvalue weighted by Crippen LogP contribution is -2.29. The highest BCUT2D eigenvalue weighted by atomic mass is 32.2. The Labute approximate surface area is 133 Å². The summed E-state index contributed by atoms with van der Waals surface area (Å²) in [5.74, 6) is 0. The van der Waals surface area contributed by atoms with E-state index in [4.69, 9.17) is 0 Å². The van der Waals surface area contributed by atoms with Crippen molar-refractivity contribution in [1.82, 2.24) is 4.31 Å². The van der Waals surface area contributed by atoms with Crippen LogP contribution < -0.4 is 0 Å². The highest BCUT2D eigenvalue weighted by molar-refractivity contribution is 7.88. The molecule has 2 aromatic rings. The Morgan fingerprint density at radius 2 is 1.50 bits per heavy atom. The van der Waals surface area contributed by atoms with Gasteiger partial charge >= 0.3 is 0 Å². The van der Waals surface area contributed by atoms with Gasteiger partial charge < -0.3 is 0 Å². The largest absolute Gasteiger partial charge is 0.212 e. The number of hydrogen-bond donors (Lipinski definition) is 0. The molecule has 0 saturated carbocycles. The molecule has 0 bridgehead atoms. The maximum absolute atomic E-state index is 12.1. The molecule has 0 amide bonds. The van der Waals surface area contributed by atoms with Gasteiger partial charge in [-0.1, -0.05) is 61.0 Å². The van der Waals surface area contributed by atoms with E-state index in [1.54, 1.807) is 0 Å². The lowest BCUT2D eigenvalue weighted by molar-refractivity contribution is 0.405. The minimum Gasteiger partial charge on any atom is -0.212 e. The molecule has 22 heavy (non-hydrogen) atoms. The van der Waals surface area contributed by atoms with Gasteiger partial charge in [-0.2, -0.15) is 4.31 Å². The molecule has 3 nitrogen and oxygen atoms in total. The van der Waals surface area contributed by atoms with Crippen LogP contribution in [0.1, 0.15) is 29.2 Å². The van der Waals surface area contributed by atoms with Crippen LogP contribution in [0.4, 0.5) is 0 Å². The maximum atomic E-state index is 12.1. The van der Waals surface area contributed by atoms with Crippen LogP contribution in [0.5, 0.6) is 0 Å². The van der Waals surface area contributed by atoms with Crippen molar-refractivity contribution in [2.24, 2.45) is 0 Å². The normalized spacial score (nSPS) is 11.8. The Balaban J connectivity index is 2.19. The van der Waals surface area contributed by atoms with E-state index in [1.807, 2.05) is 43.3 Å². The molecule has 0 radical (unpaired) electrons. The predicted octanol–water partition coefficient (Wildman–Crippen LogP) is 3.52. The van der Waals surface area contributed by atoms with Gasteiger partial charge in [-0.25, -0.2) is 8.42 Å². The Morgan fingerprint density at radius 3 is 2.05 bits per heavy atom. The van der Waals surface area contributed by atoms with Crippen molar-refractivity contribution in [3.8, 4) is 0 Å². The van der Waals surface area contributed by atoms with Crippen molar-refractivity contribution in [2.75, 3.05) is 6.26 Å². The second kappa shape index (κ2) is 7.07. The van der Waals surface area contributed by atoms with E-state index in [1.165, 1.54) is 16.1 Å². The van der Waals surface area contributed by atoms with Crippen molar-refractivity contribution < 1.29 is 8.42 Å². The summed E-state index contributed by atoms with van der Waals surface area (Å²) in [6.45, 7) is 4.92. The molecule has 0 aliphatic carbocycles. The fraction of sp³-hybridized carbons (Fsp3) is 0.333. The van der Waals surface area contributed by atoms with Crippen LogP contribution in [0.15, 0.2) is 48.5 Å². The summed E-state index contributed by atoms with van der Waals surface area (Å²) in [6, 6.07) is 16.1. The number of nitrogens with zero attached hydrogens (tertiary/aromatic N) is 1. The third-order valence-electron chi connectivity index (χ3n) is 3.70. The maximum Gasteiger partial charge on any atom is 0.211 e. The van der Waals surface area contributed by atoms with Gasteiger partial charge in [0.25, 0.3) is 0 Å². The van der Waals surface area contributed by atoms with Gasteiger partial charge in [-0.3, -0.25) is 0 Å². The lowest BCUT2D eigenvalue weighted by atomic mass is 10.1. The van der Waals surface area contributed by atoms with E-state index < -0.39 is 10.0 Å². The van der Waals surface area contributed by atoms with Gasteiger partial charge in [0.15, 0.2) is 0 Å². The molecule has 118 valence electrons. The average Bonchev–Trinajstić information content (AvgIpc) is 2.46. The minimum atomic E-state index is -3.26. The molecule has 0 atom stereocenters. The first-order chi connectivity index (χ1) is 10.4. The van der Waals surface area contributed by atoms with Crippen molar-refractivity contribution in [3.63, 3.8) is 0 Å². The third-order valence-corrected chi connectivity index (χ3v) is 4.90. The van der Waals surface area contributed by atoms with Crippen LogP contribution in [-0.2, 0) is 29.5 Å². The standard InChI is InChI=1S/C18H23NO2S/c1-4-16-8-10-17(11-9-16)13-19(22(3,20)21)14-18-7-5-6-15(2)12-18/h5-12H,4,13-14H2,1-3H3. The highest BCUT2D eigenvalue weighted by Crippen LogP contribution is 2.15. The van der Waals surface area contributed by atoms with Crippen LogP contribution in [0.2, 0.25) is 0 Å². The molecule has 0 aliphatic heterocycles. The Morgan fingerprint density at radius 1 is 0.909 bits per heavy atom. The first kappa shape index (κ1) is 16.7. The van der Waals surface area contributed by atoms with E-state index in [0.29, 0.717) is 13.1 Å². The average molecular weight is 317 g/mol. The number of rotatable bonds is 6.